The molecule has 0 amide bonds. The normalized spacial score (nSPS) is 13.4. The molecule has 90 heavy (non-hydrogen) atoms. The number of carbonyl (C=O) groups is 2. The van der Waals surface area contributed by atoms with Crippen molar-refractivity contribution in [2.75, 3.05) is 47.5 Å². The molecule has 0 aliphatic rings. The quantitative estimate of drug-likeness (QED) is 0.0195. The molecule has 0 radical (unpaired) electrons. The van der Waals surface area contributed by atoms with Crippen LogP contribution < -0.4 is 4.89 Å². The molecule has 0 saturated heterocycles. The van der Waals surface area contributed by atoms with Crippen molar-refractivity contribution in [3.63, 3.8) is 0 Å². The van der Waals surface area contributed by atoms with Crippen LogP contribution in [0.25, 0.3) is 0 Å². The zero-order chi connectivity index (χ0) is 65.5. The summed E-state index contributed by atoms with van der Waals surface area (Å²) in [7, 11) is 1.18. The molecule has 0 saturated carbocycles. The highest BCUT2D eigenvalue weighted by molar-refractivity contribution is 7.45. The first kappa shape index (κ1) is 87.7. The van der Waals surface area contributed by atoms with E-state index in [1.54, 1.807) is 0 Å². The van der Waals surface area contributed by atoms with Gasteiger partial charge in [0.1, 0.15) is 19.8 Å². The van der Waals surface area contributed by atoms with Gasteiger partial charge in [-0.1, -0.05) is 357 Å². The summed E-state index contributed by atoms with van der Waals surface area (Å²) in [4.78, 5) is 38.1. The van der Waals surface area contributed by atoms with Gasteiger partial charge in [-0.15, -0.1) is 0 Å². The second-order valence-corrected chi connectivity index (χ2v) is 29.1. The lowest BCUT2D eigenvalue weighted by Gasteiger charge is -2.28. The Balaban J connectivity index is 3.90. The third-order valence-electron chi connectivity index (χ3n) is 17.5. The summed E-state index contributed by atoms with van der Waals surface area (Å²) in [5.41, 5.74) is 0. The van der Waals surface area contributed by atoms with Crippen LogP contribution in [0.4, 0.5) is 0 Å². The number of hydrogen-bond donors (Lipinski definition) is 0. The first-order chi connectivity index (χ1) is 44.0. The minimum atomic E-state index is -4.64. The van der Waals surface area contributed by atoms with Crippen molar-refractivity contribution in [3.05, 3.63) is 60.8 Å². The summed E-state index contributed by atoms with van der Waals surface area (Å²) in [6.07, 6.45) is 94.9. The van der Waals surface area contributed by atoms with Crippen LogP contribution in [0.1, 0.15) is 386 Å². The van der Waals surface area contributed by atoms with Crippen molar-refractivity contribution in [2.24, 2.45) is 0 Å². The molecule has 528 valence electrons. The molecule has 0 aliphatic carbocycles. The van der Waals surface area contributed by atoms with Crippen LogP contribution >= 0.6 is 7.82 Å². The molecule has 10 heteroatoms. The number of rotatable bonds is 73. The zero-order valence-electron chi connectivity index (χ0n) is 60.4. The SMILES string of the molecule is CC/C=C\C/C=C\C/C=C\C/C=C\CCCCCCCCCCCCCCCCC(=O)OC(COC(=O)CCCCCCCCCCCCCCCCCCCCCCCCCCCCC/C=C\CCCCCCCCCC)COP(=O)([O-])OCC[N+](C)(C)C. The van der Waals surface area contributed by atoms with Gasteiger partial charge in [-0.05, 0) is 77.0 Å². The molecule has 0 N–H and O–H groups in total. The van der Waals surface area contributed by atoms with Gasteiger partial charge >= 0.3 is 11.9 Å². The Morgan fingerprint density at radius 2 is 0.633 bits per heavy atom. The van der Waals surface area contributed by atoms with E-state index in [2.05, 4.69) is 74.6 Å². The van der Waals surface area contributed by atoms with Gasteiger partial charge in [0, 0.05) is 12.8 Å². The van der Waals surface area contributed by atoms with Gasteiger partial charge in [-0.2, -0.15) is 0 Å². The summed E-state index contributed by atoms with van der Waals surface area (Å²) in [5.74, 6) is -0.816. The molecule has 0 fully saturated rings. The number of likely N-dealkylation sites (N-methyl/N-ethyl adjacent to an activating group) is 1. The maximum atomic E-state index is 12.9. The number of phosphoric acid groups is 1. The maximum Gasteiger partial charge on any atom is 0.306 e. The molecule has 9 nitrogen and oxygen atoms in total. The fourth-order valence-electron chi connectivity index (χ4n) is 11.6. The van der Waals surface area contributed by atoms with E-state index >= 15 is 0 Å². The van der Waals surface area contributed by atoms with Crippen LogP contribution in [-0.2, 0) is 32.7 Å². The third-order valence-corrected chi connectivity index (χ3v) is 18.5. The first-order valence-electron chi connectivity index (χ1n) is 39.0. The fraction of sp³-hybridized carbons (Fsp3) is 0.850. The number of quaternary nitrogens is 1. The van der Waals surface area contributed by atoms with E-state index in [9.17, 15) is 19.0 Å². The Morgan fingerprint density at radius 3 is 0.956 bits per heavy atom. The average Bonchev–Trinajstić information content (AvgIpc) is 3.61. The Labute approximate surface area is 559 Å². The van der Waals surface area contributed by atoms with Crippen LogP contribution in [0.5, 0.6) is 0 Å². The van der Waals surface area contributed by atoms with Crippen LogP contribution in [0.15, 0.2) is 60.8 Å². The highest BCUT2D eigenvalue weighted by Crippen LogP contribution is 2.38. The lowest BCUT2D eigenvalue weighted by molar-refractivity contribution is -0.870. The number of esters is 2. The third kappa shape index (κ3) is 74.7. The monoisotopic (exact) mass is 1280 g/mol. The molecular formula is C80H150NO8P. The number of ether oxygens (including phenoxy) is 2. The minimum absolute atomic E-state index is 0.0299. The van der Waals surface area contributed by atoms with Crippen molar-refractivity contribution < 1.29 is 42.1 Å². The lowest BCUT2D eigenvalue weighted by Crippen LogP contribution is -2.37. The summed E-state index contributed by atoms with van der Waals surface area (Å²) >= 11 is 0. The van der Waals surface area contributed by atoms with Crippen molar-refractivity contribution in [2.45, 2.75) is 392 Å². The Kier molecular flexibility index (Phi) is 69.2. The van der Waals surface area contributed by atoms with E-state index in [1.807, 2.05) is 21.1 Å². The lowest BCUT2D eigenvalue weighted by atomic mass is 10.0. The second kappa shape index (κ2) is 71.0. The number of carbonyl (C=O) groups excluding carboxylic acids is 2. The molecule has 2 atom stereocenters. The van der Waals surface area contributed by atoms with Gasteiger partial charge in [0.05, 0.1) is 27.7 Å². The zero-order valence-corrected chi connectivity index (χ0v) is 61.2. The predicted molar refractivity (Wildman–Crippen MR) is 388 cm³/mol. The fourth-order valence-corrected chi connectivity index (χ4v) is 12.3. The molecular weight excluding hydrogens is 1130 g/mol. The largest absolute Gasteiger partial charge is 0.756 e. The van der Waals surface area contributed by atoms with Crippen molar-refractivity contribution in [3.8, 4) is 0 Å². The molecule has 0 spiro atoms. The maximum absolute atomic E-state index is 12.9. The highest BCUT2D eigenvalue weighted by Gasteiger charge is 2.22. The molecule has 0 aromatic heterocycles. The summed E-state index contributed by atoms with van der Waals surface area (Å²) in [6, 6.07) is 0. The molecule has 0 bridgehead atoms. The van der Waals surface area contributed by atoms with Crippen LogP contribution in [0.2, 0.25) is 0 Å². The number of phosphoric ester groups is 1. The van der Waals surface area contributed by atoms with E-state index in [4.69, 9.17) is 18.5 Å². The van der Waals surface area contributed by atoms with E-state index in [0.29, 0.717) is 17.4 Å². The van der Waals surface area contributed by atoms with Crippen LogP contribution in [0.3, 0.4) is 0 Å². The van der Waals surface area contributed by atoms with Crippen molar-refractivity contribution >= 4 is 19.8 Å². The number of nitrogens with zero attached hydrogens (tertiary/aromatic N) is 1. The van der Waals surface area contributed by atoms with Crippen LogP contribution in [-0.4, -0.2) is 70.0 Å². The van der Waals surface area contributed by atoms with Gasteiger partial charge in [0.2, 0.25) is 0 Å². The minimum Gasteiger partial charge on any atom is -0.756 e. The molecule has 0 heterocycles. The predicted octanol–water partition coefficient (Wildman–Crippen LogP) is 25.1. The number of hydrogen-bond acceptors (Lipinski definition) is 8. The number of unbranched alkanes of at least 4 members (excludes halogenated alkanes) is 49. The number of allylic oxidation sites excluding steroid dienone is 10. The van der Waals surface area contributed by atoms with E-state index in [1.165, 1.54) is 289 Å². The standard InChI is InChI=1S/C80H150NO8P/c1-6-8-10-12-14-16-18-20-22-24-26-28-30-32-34-35-36-37-38-39-40-41-42-43-44-45-47-48-50-52-54-56-58-60-62-64-66-68-70-72-79(82)86-76-78(77-88-90(84,85)87-75-74-81(3,4)5)89-80(83)73-71-69-67-65-63-61-59-57-55-53-51-49-46-33-31-29-27-25-23-21-19-17-15-13-11-9-7-2/h9,11,15,17,21,23-24,26-27,29,78H,6-8,10,12-14,16,18-20,22,25,28,30-77H2,1-5H3/b11-9-,17-15-,23-21-,26-24-,29-27-. The molecule has 0 aliphatic heterocycles. The Hall–Kier alpha value is -2.29. The Bertz CT molecular complexity index is 1700. The second-order valence-electron chi connectivity index (χ2n) is 27.7. The highest BCUT2D eigenvalue weighted by atomic mass is 31.2. The average molecular weight is 1290 g/mol. The van der Waals surface area contributed by atoms with Crippen molar-refractivity contribution in [1.29, 1.82) is 0 Å². The summed E-state index contributed by atoms with van der Waals surface area (Å²) < 4.78 is 34.4. The van der Waals surface area contributed by atoms with Crippen molar-refractivity contribution in [1.82, 2.24) is 0 Å². The van der Waals surface area contributed by atoms with Gasteiger partial charge in [-0.3, -0.25) is 14.2 Å². The van der Waals surface area contributed by atoms with Crippen LogP contribution in [0, 0.1) is 0 Å². The van der Waals surface area contributed by atoms with Gasteiger partial charge in [0.15, 0.2) is 6.10 Å². The molecule has 2 unspecified atom stereocenters. The van der Waals surface area contributed by atoms with Gasteiger partial charge < -0.3 is 27.9 Å². The van der Waals surface area contributed by atoms with E-state index in [-0.39, 0.29) is 32.0 Å². The first-order valence-corrected chi connectivity index (χ1v) is 40.5. The van der Waals surface area contributed by atoms with Gasteiger partial charge in [0.25, 0.3) is 7.82 Å². The smallest absolute Gasteiger partial charge is 0.306 e. The topological polar surface area (TPSA) is 111 Å². The van der Waals surface area contributed by atoms with E-state index in [0.717, 1.165) is 64.2 Å². The van der Waals surface area contributed by atoms with E-state index < -0.39 is 26.5 Å². The molecule has 0 aromatic carbocycles. The summed E-state index contributed by atoms with van der Waals surface area (Å²) in [6.45, 7) is 4.19. The Morgan fingerprint density at radius 1 is 0.356 bits per heavy atom. The molecule has 0 aromatic rings. The van der Waals surface area contributed by atoms with Gasteiger partial charge in [-0.25, -0.2) is 0 Å². The summed E-state index contributed by atoms with van der Waals surface area (Å²) in [5, 5.41) is 0. The molecule has 0 rings (SSSR count).